The van der Waals surface area contributed by atoms with Crippen molar-refractivity contribution < 1.29 is 4.79 Å². The third kappa shape index (κ3) is 3.33. The molecule has 1 fully saturated rings. The highest BCUT2D eigenvalue weighted by molar-refractivity contribution is 5.93. The topological polar surface area (TPSA) is 71.0 Å². The third-order valence-corrected chi connectivity index (χ3v) is 4.21. The van der Waals surface area contributed by atoms with E-state index in [0.717, 1.165) is 17.1 Å². The van der Waals surface area contributed by atoms with E-state index in [0.29, 0.717) is 18.9 Å². The molecule has 6 nitrogen and oxygen atoms in total. The SMILES string of the molecule is O=C(Nc1ccccn1)C1CN(c2cc(-c3ccccc3)ncn2)C1. The predicted molar refractivity (Wildman–Crippen MR) is 96.0 cm³/mol. The van der Waals surface area contributed by atoms with Crippen LogP contribution in [0.25, 0.3) is 11.3 Å². The van der Waals surface area contributed by atoms with Crippen LogP contribution in [0.4, 0.5) is 11.6 Å². The lowest BCUT2D eigenvalue weighted by molar-refractivity contribution is -0.120. The molecule has 0 aliphatic carbocycles. The Labute approximate surface area is 145 Å². The fourth-order valence-electron chi connectivity index (χ4n) is 2.78. The summed E-state index contributed by atoms with van der Waals surface area (Å²) in [5.41, 5.74) is 1.93. The van der Waals surface area contributed by atoms with Crippen LogP contribution in [0.2, 0.25) is 0 Å². The van der Waals surface area contributed by atoms with Crippen molar-refractivity contribution in [1.82, 2.24) is 15.0 Å². The van der Waals surface area contributed by atoms with Crippen molar-refractivity contribution in [2.75, 3.05) is 23.3 Å². The molecule has 2 aromatic heterocycles. The lowest BCUT2D eigenvalue weighted by atomic mass is 9.99. The predicted octanol–water partition coefficient (Wildman–Crippen LogP) is 2.61. The van der Waals surface area contributed by atoms with Crippen LogP contribution in [0, 0.1) is 5.92 Å². The van der Waals surface area contributed by atoms with Gasteiger partial charge in [0.05, 0.1) is 11.6 Å². The van der Waals surface area contributed by atoms with Gasteiger partial charge in [-0.15, -0.1) is 0 Å². The van der Waals surface area contributed by atoms with Crippen LogP contribution in [0.3, 0.4) is 0 Å². The molecule has 0 atom stereocenters. The summed E-state index contributed by atoms with van der Waals surface area (Å²) < 4.78 is 0. The van der Waals surface area contributed by atoms with E-state index in [4.69, 9.17) is 0 Å². The van der Waals surface area contributed by atoms with Gasteiger partial charge in [0.2, 0.25) is 5.91 Å². The number of aromatic nitrogens is 3. The number of amides is 1. The molecule has 1 amide bonds. The Kier molecular flexibility index (Phi) is 4.08. The molecule has 4 rings (SSSR count). The Bertz CT molecular complexity index is 863. The molecule has 0 unspecified atom stereocenters. The van der Waals surface area contributed by atoms with Crippen molar-refractivity contribution in [2.45, 2.75) is 0 Å². The number of benzene rings is 1. The van der Waals surface area contributed by atoms with Gasteiger partial charge in [-0.1, -0.05) is 36.4 Å². The fourth-order valence-corrected chi connectivity index (χ4v) is 2.78. The normalized spacial score (nSPS) is 14.0. The van der Waals surface area contributed by atoms with Crippen LogP contribution in [-0.4, -0.2) is 33.9 Å². The third-order valence-electron chi connectivity index (χ3n) is 4.21. The van der Waals surface area contributed by atoms with Gasteiger partial charge < -0.3 is 10.2 Å². The van der Waals surface area contributed by atoms with Gasteiger partial charge in [-0.2, -0.15) is 0 Å². The van der Waals surface area contributed by atoms with Gasteiger partial charge in [0.1, 0.15) is 18.0 Å². The van der Waals surface area contributed by atoms with Crippen molar-refractivity contribution in [3.63, 3.8) is 0 Å². The summed E-state index contributed by atoms with van der Waals surface area (Å²) in [5, 5.41) is 2.84. The first kappa shape index (κ1) is 15.3. The molecule has 0 saturated carbocycles. The monoisotopic (exact) mass is 331 g/mol. The maximum atomic E-state index is 12.2. The minimum Gasteiger partial charge on any atom is -0.355 e. The summed E-state index contributed by atoms with van der Waals surface area (Å²) in [6, 6.07) is 17.4. The number of pyridine rings is 1. The average molecular weight is 331 g/mol. The van der Waals surface area contributed by atoms with E-state index in [9.17, 15) is 4.79 Å². The lowest BCUT2D eigenvalue weighted by Gasteiger charge is -2.39. The molecule has 1 saturated heterocycles. The van der Waals surface area contributed by atoms with E-state index in [-0.39, 0.29) is 11.8 Å². The minimum atomic E-state index is -0.0582. The van der Waals surface area contributed by atoms with Crippen LogP contribution in [0.5, 0.6) is 0 Å². The van der Waals surface area contributed by atoms with E-state index in [1.807, 2.05) is 48.5 Å². The van der Waals surface area contributed by atoms with E-state index in [1.54, 1.807) is 18.6 Å². The van der Waals surface area contributed by atoms with Gasteiger partial charge in [0.25, 0.3) is 0 Å². The minimum absolute atomic E-state index is 0.00714. The van der Waals surface area contributed by atoms with Gasteiger partial charge in [0, 0.05) is 30.9 Å². The zero-order valence-electron chi connectivity index (χ0n) is 13.5. The van der Waals surface area contributed by atoms with E-state index in [1.165, 1.54) is 0 Å². The van der Waals surface area contributed by atoms with Crippen LogP contribution < -0.4 is 10.2 Å². The van der Waals surface area contributed by atoms with Crippen LogP contribution in [0.1, 0.15) is 0 Å². The standard InChI is InChI=1S/C19H17N5O/c25-19(23-17-8-4-5-9-20-17)15-11-24(12-15)18-10-16(21-13-22-18)14-6-2-1-3-7-14/h1-10,13,15H,11-12H2,(H,20,23,25). The second-order valence-corrected chi connectivity index (χ2v) is 5.93. The Morgan fingerprint density at radius 3 is 2.56 bits per heavy atom. The first-order chi connectivity index (χ1) is 12.3. The second kappa shape index (κ2) is 6.68. The van der Waals surface area contributed by atoms with Crippen molar-refractivity contribution in [3.05, 3.63) is 67.1 Å². The zero-order chi connectivity index (χ0) is 17.1. The molecule has 1 aliphatic rings. The number of carbonyl (C=O) groups is 1. The Morgan fingerprint density at radius 1 is 1.00 bits per heavy atom. The summed E-state index contributed by atoms with van der Waals surface area (Å²) >= 11 is 0. The number of nitrogens with zero attached hydrogens (tertiary/aromatic N) is 4. The highest BCUT2D eigenvalue weighted by Crippen LogP contribution is 2.26. The smallest absolute Gasteiger partial charge is 0.232 e. The molecule has 0 bridgehead atoms. The number of carbonyl (C=O) groups excluding carboxylic acids is 1. The van der Waals surface area contributed by atoms with Crippen LogP contribution in [-0.2, 0) is 4.79 Å². The van der Waals surface area contributed by atoms with E-state index >= 15 is 0 Å². The first-order valence-electron chi connectivity index (χ1n) is 8.14. The number of anilines is 2. The molecule has 25 heavy (non-hydrogen) atoms. The quantitative estimate of drug-likeness (QED) is 0.796. The largest absolute Gasteiger partial charge is 0.355 e. The zero-order valence-corrected chi connectivity index (χ0v) is 13.5. The summed E-state index contributed by atoms with van der Waals surface area (Å²) in [6.07, 6.45) is 3.23. The second-order valence-electron chi connectivity index (χ2n) is 5.93. The van der Waals surface area contributed by atoms with Crippen LogP contribution >= 0.6 is 0 Å². The first-order valence-corrected chi connectivity index (χ1v) is 8.14. The Balaban J connectivity index is 1.40. The maximum Gasteiger partial charge on any atom is 0.232 e. The number of rotatable bonds is 4. The van der Waals surface area contributed by atoms with Crippen LogP contribution in [0.15, 0.2) is 67.1 Å². The van der Waals surface area contributed by atoms with Crippen molar-refractivity contribution in [1.29, 1.82) is 0 Å². The highest BCUT2D eigenvalue weighted by Gasteiger charge is 2.33. The van der Waals surface area contributed by atoms with Gasteiger partial charge in [-0.05, 0) is 12.1 Å². The molecule has 0 spiro atoms. The summed E-state index contributed by atoms with van der Waals surface area (Å²) in [5.74, 6) is 1.36. The Morgan fingerprint density at radius 2 is 1.80 bits per heavy atom. The molecule has 1 aliphatic heterocycles. The van der Waals surface area contributed by atoms with E-state index < -0.39 is 0 Å². The number of nitrogens with one attached hydrogen (secondary N) is 1. The molecule has 3 aromatic rings. The molecule has 124 valence electrons. The molecule has 3 heterocycles. The molecular weight excluding hydrogens is 314 g/mol. The highest BCUT2D eigenvalue weighted by atomic mass is 16.2. The summed E-state index contributed by atoms with van der Waals surface area (Å²) in [4.78, 5) is 27.1. The number of hydrogen-bond acceptors (Lipinski definition) is 5. The van der Waals surface area contributed by atoms with Gasteiger partial charge in [-0.3, -0.25) is 4.79 Å². The van der Waals surface area contributed by atoms with E-state index in [2.05, 4.69) is 25.2 Å². The number of hydrogen-bond donors (Lipinski definition) is 1. The summed E-state index contributed by atoms with van der Waals surface area (Å²) in [7, 11) is 0. The molecule has 0 radical (unpaired) electrons. The van der Waals surface area contributed by atoms with Gasteiger partial charge >= 0.3 is 0 Å². The Hall–Kier alpha value is -3.28. The molecular formula is C19H17N5O. The molecule has 6 heteroatoms. The molecule has 1 N–H and O–H groups in total. The lowest BCUT2D eigenvalue weighted by Crippen LogP contribution is -2.52. The fraction of sp³-hybridized carbons (Fsp3) is 0.158. The van der Waals surface area contributed by atoms with Gasteiger partial charge in [-0.25, -0.2) is 15.0 Å². The molecule has 1 aromatic carbocycles. The van der Waals surface area contributed by atoms with Crippen molar-refractivity contribution >= 4 is 17.5 Å². The van der Waals surface area contributed by atoms with Crippen molar-refractivity contribution in [2.24, 2.45) is 5.92 Å². The van der Waals surface area contributed by atoms with Crippen molar-refractivity contribution in [3.8, 4) is 11.3 Å². The maximum absolute atomic E-state index is 12.2. The summed E-state index contributed by atoms with van der Waals surface area (Å²) in [6.45, 7) is 1.29. The van der Waals surface area contributed by atoms with Gasteiger partial charge in [0.15, 0.2) is 0 Å². The average Bonchev–Trinajstić information content (AvgIpc) is 2.62.